The molecule has 1 aromatic rings. The van der Waals surface area contributed by atoms with Crippen molar-refractivity contribution in [2.45, 2.75) is 26.4 Å². The Labute approximate surface area is 118 Å². The lowest BCUT2D eigenvalue weighted by Gasteiger charge is -2.27. The third-order valence-corrected chi connectivity index (χ3v) is 2.81. The summed E-state index contributed by atoms with van der Waals surface area (Å²) in [5, 5.41) is 13.8. The van der Waals surface area contributed by atoms with E-state index < -0.39 is 5.60 Å². The van der Waals surface area contributed by atoms with Crippen LogP contribution in [0.4, 0.5) is 11.6 Å². The SMILES string of the molecule is CCNc1nc(N(C)CC(C)(C)O)c(Cl)cc1Cl. The van der Waals surface area contributed by atoms with Crippen molar-refractivity contribution in [1.82, 2.24) is 4.98 Å². The van der Waals surface area contributed by atoms with E-state index in [0.29, 0.717) is 28.2 Å². The molecule has 4 nitrogen and oxygen atoms in total. The van der Waals surface area contributed by atoms with Gasteiger partial charge >= 0.3 is 0 Å². The number of nitrogens with zero attached hydrogens (tertiary/aromatic N) is 2. The van der Waals surface area contributed by atoms with Gasteiger partial charge in [-0.2, -0.15) is 0 Å². The third-order valence-electron chi connectivity index (χ3n) is 2.24. The topological polar surface area (TPSA) is 48.4 Å². The molecule has 6 heteroatoms. The molecule has 0 unspecified atom stereocenters. The summed E-state index contributed by atoms with van der Waals surface area (Å²) in [6, 6.07) is 1.66. The van der Waals surface area contributed by atoms with Gasteiger partial charge in [0.2, 0.25) is 0 Å². The van der Waals surface area contributed by atoms with Crippen LogP contribution < -0.4 is 10.2 Å². The number of likely N-dealkylation sites (N-methyl/N-ethyl adjacent to an activating group) is 1. The van der Waals surface area contributed by atoms with Crippen LogP contribution in [-0.2, 0) is 0 Å². The van der Waals surface area contributed by atoms with Crippen molar-refractivity contribution >= 4 is 34.8 Å². The van der Waals surface area contributed by atoms with Crippen molar-refractivity contribution in [1.29, 1.82) is 0 Å². The average Bonchev–Trinajstić information content (AvgIpc) is 2.19. The summed E-state index contributed by atoms with van der Waals surface area (Å²) < 4.78 is 0. The molecule has 0 fully saturated rings. The number of halogens is 2. The van der Waals surface area contributed by atoms with E-state index >= 15 is 0 Å². The Balaban J connectivity index is 3.04. The molecule has 0 radical (unpaired) electrons. The van der Waals surface area contributed by atoms with E-state index in [1.165, 1.54) is 0 Å². The molecule has 1 heterocycles. The Morgan fingerprint density at radius 2 is 2.00 bits per heavy atom. The highest BCUT2D eigenvalue weighted by Gasteiger charge is 2.19. The number of rotatable bonds is 5. The maximum Gasteiger partial charge on any atom is 0.149 e. The van der Waals surface area contributed by atoms with Crippen molar-refractivity contribution in [2.24, 2.45) is 0 Å². The fourth-order valence-corrected chi connectivity index (χ4v) is 2.24. The van der Waals surface area contributed by atoms with Gasteiger partial charge in [-0.1, -0.05) is 23.2 Å². The highest BCUT2D eigenvalue weighted by molar-refractivity contribution is 6.37. The Bertz CT molecular complexity index is 419. The predicted octanol–water partition coefficient (Wildman–Crippen LogP) is 3.03. The van der Waals surface area contributed by atoms with Crippen LogP contribution in [0.1, 0.15) is 20.8 Å². The van der Waals surface area contributed by atoms with Gasteiger partial charge in [0.15, 0.2) is 0 Å². The summed E-state index contributed by atoms with van der Waals surface area (Å²) in [6.07, 6.45) is 0. The van der Waals surface area contributed by atoms with Crippen molar-refractivity contribution in [3.05, 3.63) is 16.1 Å². The summed E-state index contributed by atoms with van der Waals surface area (Å²) in [7, 11) is 1.83. The average molecular weight is 292 g/mol. The van der Waals surface area contributed by atoms with Crippen LogP contribution in [0.15, 0.2) is 6.07 Å². The minimum atomic E-state index is -0.822. The second kappa shape index (κ2) is 5.95. The van der Waals surface area contributed by atoms with Crippen LogP contribution in [0.2, 0.25) is 10.0 Å². The zero-order chi connectivity index (χ0) is 13.9. The van der Waals surface area contributed by atoms with E-state index in [1.54, 1.807) is 24.8 Å². The highest BCUT2D eigenvalue weighted by atomic mass is 35.5. The standard InChI is InChI=1S/C12H19Cl2N3O/c1-5-15-10-8(13)6-9(14)11(16-10)17(4)7-12(2,3)18/h6,18H,5,7H2,1-4H3,(H,15,16). The van der Waals surface area contributed by atoms with Gasteiger partial charge in [-0.25, -0.2) is 4.98 Å². The molecule has 0 amide bonds. The summed E-state index contributed by atoms with van der Waals surface area (Å²) in [4.78, 5) is 6.19. The minimum Gasteiger partial charge on any atom is -0.389 e. The first-order valence-electron chi connectivity index (χ1n) is 5.78. The summed E-state index contributed by atoms with van der Waals surface area (Å²) >= 11 is 12.2. The minimum absolute atomic E-state index is 0.424. The molecule has 1 rings (SSSR count). The Hall–Kier alpha value is -0.710. The molecule has 1 aromatic heterocycles. The largest absolute Gasteiger partial charge is 0.389 e. The zero-order valence-electron chi connectivity index (χ0n) is 11.1. The van der Waals surface area contributed by atoms with E-state index in [1.807, 2.05) is 14.0 Å². The number of hydrogen-bond acceptors (Lipinski definition) is 4. The molecule has 0 saturated heterocycles. The molecule has 0 aliphatic heterocycles. The second-order valence-electron chi connectivity index (χ2n) is 4.82. The van der Waals surface area contributed by atoms with Crippen molar-refractivity contribution < 1.29 is 5.11 Å². The predicted molar refractivity (Wildman–Crippen MR) is 78.0 cm³/mol. The third kappa shape index (κ3) is 4.19. The Morgan fingerprint density at radius 1 is 1.39 bits per heavy atom. The molecule has 18 heavy (non-hydrogen) atoms. The van der Waals surface area contributed by atoms with E-state index in [9.17, 15) is 5.11 Å². The number of pyridine rings is 1. The number of aliphatic hydroxyl groups is 1. The molecular formula is C12H19Cl2N3O. The first kappa shape index (κ1) is 15.3. The smallest absolute Gasteiger partial charge is 0.149 e. The van der Waals surface area contributed by atoms with Crippen LogP contribution in [0.5, 0.6) is 0 Å². The maximum absolute atomic E-state index is 9.81. The molecule has 0 saturated carbocycles. The zero-order valence-corrected chi connectivity index (χ0v) is 12.6. The van der Waals surface area contributed by atoms with Gasteiger partial charge in [0, 0.05) is 20.1 Å². The van der Waals surface area contributed by atoms with Gasteiger partial charge in [-0.15, -0.1) is 0 Å². The Morgan fingerprint density at radius 3 is 2.50 bits per heavy atom. The molecule has 0 aliphatic carbocycles. The van der Waals surface area contributed by atoms with E-state index in [4.69, 9.17) is 23.2 Å². The molecule has 2 N–H and O–H groups in total. The molecule has 0 aliphatic rings. The fraction of sp³-hybridized carbons (Fsp3) is 0.583. The fourth-order valence-electron chi connectivity index (χ4n) is 1.67. The summed E-state index contributed by atoms with van der Waals surface area (Å²) in [6.45, 7) is 6.58. The van der Waals surface area contributed by atoms with Crippen LogP contribution in [0, 0.1) is 0 Å². The van der Waals surface area contributed by atoms with Gasteiger partial charge in [-0.3, -0.25) is 0 Å². The van der Waals surface area contributed by atoms with E-state index in [-0.39, 0.29) is 0 Å². The van der Waals surface area contributed by atoms with Gasteiger partial charge in [0.05, 0.1) is 15.6 Å². The van der Waals surface area contributed by atoms with Gasteiger partial charge < -0.3 is 15.3 Å². The summed E-state index contributed by atoms with van der Waals surface area (Å²) in [5.74, 6) is 1.19. The molecule has 102 valence electrons. The van der Waals surface area contributed by atoms with Gasteiger partial charge in [0.25, 0.3) is 0 Å². The normalized spacial score (nSPS) is 11.5. The Kier molecular flexibility index (Phi) is 5.08. The van der Waals surface area contributed by atoms with Gasteiger partial charge in [0.1, 0.15) is 11.6 Å². The van der Waals surface area contributed by atoms with Crippen LogP contribution >= 0.6 is 23.2 Å². The van der Waals surface area contributed by atoms with Crippen LogP contribution in [0.25, 0.3) is 0 Å². The van der Waals surface area contributed by atoms with Crippen molar-refractivity contribution in [3.8, 4) is 0 Å². The number of nitrogens with one attached hydrogen (secondary N) is 1. The monoisotopic (exact) mass is 291 g/mol. The number of aromatic nitrogens is 1. The molecule has 0 bridgehead atoms. The summed E-state index contributed by atoms with van der Waals surface area (Å²) in [5.41, 5.74) is -0.822. The maximum atomic E-state index is 9.81. The van der Waals surface area contributed by atoms with Crippen molar-refractivity contribution in [2.75, 3.05) is 30.4 Å². The number of anilines is 2. The molecule has 0 aromatic carbocycles. The van der Waals surface area contributed by atoms with Crippen LogP contribution in [0.3, 0.4) is 0 Å². The lowest BCUT2D eigenvalue weighted by Crippen LogP contribution is -2.36. The second-order valence-corrected chi connectivity index (χ2v) is 5.64. The molecule has 0 spiro atoms. The highest BCUT2D eigenvalue weighted by Crippen LogP contribution is 2.31. The lowest BCUT2D eigenvalue weighted by molar-refractivity contribution is 0.0885. The van der Waals surface area contributed by atoms with Crippen LogP contribution in [-0.4, -0.2) is 35.8 Å². The van der Waals surface area contributed by atoms with Crippen molar-refractivity contribution in [3.63, 3.8) is 0 Å². The molecular weight excluding hydrogens is 273 g/mol. The first-order valence-corrected chi connectivity index (χ1v) is 6.53. The first-order chi connectivity index (χ1) is 8.24. The van der Waals surface area contributed by atoms with E-state index in [0.717, 1.165) is 6.54 Å². The molecule has 0 atom stereocenters. The lowest BCUT2D eigenvalue weighted by atomic mass is 10.1. The quantitative estimate of drug-likeness (QED) is 0.876. The number of hydrogen-bond donors (Lipinski definition) is 2. The van der Waals surface area contributed by atoms with E-state index in [2.05, 4.69) is 10.3 Å². The van der Waals surface area contributed by atoms with Gasteiger partial charge in [-0.05, 0) is 26.8 Å².